The van der Waals surface area contributed by atoms with Gasteiger partial charge < -0.3 is 10.4 Å². The van der Waals surface area contributed by atoms with E-state index in [0.717, 1.165) is 18.4 Å². The molecule has 4 heteroatoms. The van der Waals surface area contributed by atoms with Crippen molar-refractivity contribution in [3.05, 3.63) is 35.6 Å². The zero-order valence-corrected chi connectivity index (χ0v) is 12.7. The zero-order valence-electron chi connectivity index (χ0n) is 11.9. The highest BCUT2D eigenvalue weighted by atomic mass is 32.2. The summed E-state index contributed by atoms with van der Waals surface area (Å²) >= 11 is 1.66. The lowest BCUT2D eigenvalue weighted by Crippen LogP contribution is -2.42. The van der Waals surface area contributed by atoms with Crippen molar-refractivity contribution in [1.29, 1.82) is 0 Å². The smallest absolute Gasteiger partial charge is 0.126 e. The van der Waals surface area contributed by atoms with Crippen LogP contribution < -0.4 is 5.32 Å². The van der Waals surface area contributed by atoms with E-state index in [0.29, 0.717) is 6.04 Å². The molecule has 1 aromatic rings. The van der Waals surface area contributed by atoms with E-state index in [9.17, 15) is 9.50 Å². The van der Waals surface area contributed by atoms with Gasteiger partial charge in [-0.2, -0.15) is 11.8 Å². The summed E-state index contributed by atoms with van der Waals surface area (Å²) in [5.74, 6) is -0.125. The van der Waals surface area contributed by atoms with Crippen LogP contribution in [0.5, 0.6) is 0 Å². The number of benzene rings is 1. The molecule has 1 rings (SSSR count). The summed E-state index contributed by atoms with van der Waals surface area (Å²) in [6.45, 7) is 4.36. The summed E-state index contributed by atoms with van der Waals surface area (Å²) in [7, 11) is 0. The van der Waals surface area contributed by atoms with E-state index in [-0.39, 0.29) is 23.7 Å². The predicted molar refractivity (Wildman–Crippen MR) is 81.2 cm³/mol. The van der Waals surface area contributed by atoms with Gasteiger partial charge in [-0.05, 0) is 44.6 Å². The molecule has 19 heavy (non-hydrogen) atoms. The molecule has 0 aliphatic heterocycles. The Morgan fingerprint density at radius 1 is 1.32 bits per heavy atom. The van der Waals surface area contributed by atoms with Crippen LogP contribution in [0.15, 0.2) is 24.3 Å². The molecule has 1 aromatic carbocycles. The maximum Gasteiger partial charge on any atom is 0.126 e. The Labute approximate surface area is 119 Å². The minimum Gasteiger partial charge on any atom is -0.395 e. The van der Waals surface area contributed by atoms with E-state index in [1.807, 2.05) is 18.4 Å². The Kier molecular flexibility index (Phi) is 7.42. The van der Waals surface area contributed by atoms with Crippen molar-refractivity contribution in [2.45, 2.75) is 44.0 Å². The third kappa shape index (κ3) is 5.51. The summed E-state index contributed by atoms with van der Waals surface area (Å²) in [5, 5.41) is 12.9. The Morgan fingerprint density at radius 2 is 2.00 bits per heavy atom. The van der Waals surface area contributed by atoms with Crippen molar-refractivity contribution < 1.29 is 9.50 Å². The first-order valence-corrected chi connectivity index (χ1v) is 8.00. The zero-order chi connectivity index (χ0) is 14.3. The van der Waals surface area contributed by atoms with Crippen molar-refractivity contribution in [1.82, 2.24) is 5.32 Å². The van der Waals surface area contributed by atoms with Gasteiger partial charge >= 0.3 is 0 Å². The lowest BCUT2D eigenvalue weighted by Gasteiger charge is -2.25. The van der Waals surface area contributed by atoms with Gasteiger partial charge in [-0.1, -0.05) is 18.2 Å². The topological polar surface area (TPSA) is 32.3 Å². The fourth-order valence-electron chi connectivity index (χ4n) is 2.15. The molecule has 0 aliphatic rings. The number of nitrogens with one attached hydrogen (secondary N) is 1. The summed E-state index contributed by atoms with van der Waals surface area (Å²) in [5.41, 5.74) is 0.771. The molecule has 2 N–H and O–H groups in total. The van der Waals surface area contributed by atoms with E-state index < -0.39 is 0 Å². The van der Waals surface area contributed by atoms with Gasteiger partial charge in [0.05, 0.1) is 6.61 Å². The van der Waals surface area contributed by atoms with Gasteiger partial charge in [-0.15, -0.1) is 0 Å². The van der Waals surface area contributed by atoms with Crippen LogP contribution in [-0.2, 0) is 6.42 Å². The van der Waals surface area contributed by atoms with Crippen LogP contribution in [0.3, 0.4) is 0 Å². The molecule has 0 spiro atoms. The quantitative estimate of drug-likeness (QED) is 0.770. The number of thioether (sulfide) groups is 1. The molecule has 0 bridgehead atoms. The standard InChI is InChI=1S/C15H24FNOS/c1-11(17-12(2)15(10-18)19-3)8-9-13-6-4-5-7-14(13)16/h4-7,11-12,15,17-18H,8-10H2,1-3H3. The molecule has 0 saturated carbocycles. The minimum absolute atomic E-state index is 0.125. The number of rotatable bonds is 8. The van der Waals surface area contributed by atoms with Gasteiger partial charge in [0.15, 0.2) is 0 Å². The molecule has 3 atom stereocenters. The fourth-order valence-corrected chi connectivity index (χ4v) is 2.79. The van der Waals surface area contributed by atoms with Gasteiger partial charge in [0.1, 0.15) is 5.82 Å². The number of hydrogen-bond donors (Lipinski definition) is 2. The molecule has 3 unspecified atom stereocenters. The van der Waals surface area contributed by atoms with Crippen LogP contribution in [-0.4, -0.2) is 35.3 Å². The van der Waals surface area contributed by atoms with Crippen molar-refractivity contribution in [3.63, 3.8) is 0 Å². The Balaban J connectivity index is 2.39. The highest BCUT2D eigenvalue weighted by molar-refractivity contribution is 7.99. The van der Waals surface area contributed by atoms with E-state index in [1.165, 1.54) is 6.07 Å². The average Bonchev–Trinajstić information content (AvgIpc) is 2.39. The van der Waals surface area contributed by atoms with Crippen molar-refractivity contribution >= 4 is 11.8 Å². The Morgan fingerprint density at radius 3 is 2.58 bits per heavy atom. The maximum atomic E-state index is 13.5. The number of aliphatic hydroxyl groups excluding tert-OH is 1. The second kappa shape index (κ2) is 8.56. The SMILES string of the molecule is CSC(CO)C(C)NC(C)CCc1ccccc1F. The first kappa shape index (κ1) is 16.5. The molecular formula is C15H24FNOS. The molecule has 0 radical (unpaired) electrons. The first-order valence-electron chi connectivity index (χ1n) is 6.71. The van der Waals surface area contributed by atoms with Crippen LogP contribution in [0, 0.1) is 5.82 Å². The van der Waals surface area contributed by atoms with E-state index in [2.05, 4.69) is 19.2 Å². The number of hydrogen-bond acceptors (Lipinski definition) is 3. The second-order valence-electron chi connectivity index (χ2n) is 4.94. The van der Waals surface area contributed by atoms with Crippen LogP contribution in [0.4, 0.5) is 4.39 Å². The molecule has 108 valence electrons. The first-order chi connectivity index (χ1) is 9.08. The largest absolute Gasteiger partial charge is 0.395 e. The Bertz CT molecular complexity index is 371. The highest BCUT2D eigenvalue weighted by Crippen LogP contribution is 2.13. The molecule has 0 saturated heterocycles. The highest BCUT2D eigenvalue weighted by Gasteiger charge is 2.17. The van der Waals surface area contributed by atoms with Crippen molar-refractivity contribution in [3.8, 4) is 0 Å². The van der Waals surface area contributed by atoms with Crippen molar-refractivity contribution in [2.75, 3.05) is 12.9 Å². The van der Waals surface area contributed by atoms with E-state index >= 15 is 0 Å². The minimum atomic E-state index is -0.125. The summed E-state index contributed by atoms with van der Waals surface area (Å²) in [4.78, 5) is 0. The number of aliphatic hydroxyl groups is 1. The Hall–Kier alpha value is -0.580. The summed E-state index contributed by atoms with van der Waals surface area (Å²) in [6, 6.07) is 7.48. The molecule has 0 fully saturated rings. The average molecular weight is 285 g/mol. The van der Waals surface area contributed by atoms with E-state index in [1.54, 1.807) is 17.8 Å². The van der Waals surface area contributed by atoms with Crippen LogP contribution in [0.1, 0.15) is 25.8 Å². The van der Waals surface area contributed by atoms with Gasteiger partial charge in [-0.3, -0.25) is 0 Å². The summed E-state index contributed by atoms with van der Waals surface area (Å²) < 4.78 is 13.5. The molecular weight excluding hydrogens is 261 g/mol. The lowest BCUT2D eigenvalue weighted by atomic mass is 10.0. The van der Waals surface area contributed by atoms with Gasteiger partial charge in [0.2, 0.25) is 0 Å². The normalized spacial score (nSPS) is 16.1. The van der Waals surface area contributed by atoms with Gasteiger partial charge in [-0.25, -0.2) is 4.39 Å². The van der Waals surface area contributed by atoms with Gasteiger partial charge in [0, 0.05) is 17.3 Å². The molecule has 2 nitrogen and oxygen atoms in total. The fraction of sp³-hybridized carbons (Fsp3) is 0.600. The predicted octanol–water partition coefficient (Wildman–Crippen LogP) is 2.85. The monoisotopic (exact) mass is 285 g/mol. The molecule has 0 heterocycles. The molecule has 0 amide bonds. The third-order valence-electron chi connectivity index (χ3n) is 3.39. The summed E-state index contributed by atoms with van der Waals surface area (Å²) in [6.07, 6.45) is 3.62. The van der Waals surface area contributed by atoms with Crippen LogP contribution in [0.25, 0.3) is 0 Å². The number of aryl methyl sites for hydroxylation is 1. The van der Waals surface area contributed by atoms with E-state index in [4.69, 9.17) is 0 Å². The lowest BCUT2D eigenvalue weighted by molar-refractivity contribution is 0.270. The third-order valence-corrected chi connectivity index (χ3v) is 4.56. The number of halogens is 1. The van der Waals surface area contributed by atoms with Crippen LogP contribution >= 0.6 is 11.8 Å². The van der Waals surface area contributed by atoms with Gasteiger partial charge in [0.25, 0.3) is 0 Å². The molecule has 0 aliphatic carbocycles. The molecule has 0 aromatic heterocycles. The van der Waals surface area contributed by atoms with Crippen molar-refractivity contribution in [2.24, 2.45) is 0 Å². The second-order valence-corrected chi connectivity index (χ2v) is 6.02. The van der Waals surface area contributed by atoms with Crippen LogP contribution in [0.2, 0.25) is 0 Å². The maximum absolute atomic E-state index is 13.5.